The number of aliphatic hydroxyl groups excluding tert-OH is 8. The number of rotatable bonds is 9. The second-order valence-corrected chi connectivity index (χ2v) is 5.18. The third-order valence-electron chi connectivity index (χ3n) is 3.60. The van der Waals surface area contributed by atoms with Gasteiger partial charge in [-0.1, -0.05) is 0 Å². The van der Waals surface area contributed by atoms with Crippen molar-refractivity contribution in [1.82, 2.24) is 0 Å². The molecule has 7 atom stereocenters. The maximum absolute atomic E-state index is 11.7. The van der Waals surface area contributed by atoms with Gasteiger partial charge in [-0.2, -0.15) is 0 Å². The Kier molecular flexibility index (Phi) is 7.41. The van der Waals surface area contributed by atoms with Gasteiger partial charge in [0.1, 0.15) is 49.8 Å². The second-order valence-electron chi connectivity index (χ2n) is 5.18. The molecule has 8 N–H and O–H groups in total. The molecule has 11 heteroatoms. The Labute approximate surface area is 130 Å². The van der Waals surface area contributed by atoms with Crippen molar-refractivity contribution in [2.45, 2.75) is 42.4 Å². The first-order valence-electron chi connectivity index (χ1n) is 6.81. The molecule has 0 aromatic heterocycles. The fourth-order valence-electron chi connectivity index (χ4n) is 2.09. The molecule has 23 heavy (non-hydrogen) atoms. The minimum absolute atomic E-state index is 0.679. The van der Waals surface area contributed by atoms with Crippen molar-refractivity contribution in [2.75, 3.05) is 26.4 Å². The predicted molar refractivity (Wildman–Crippen MR) is 69.9 cm³/mol. The van der Waals surface area contributed by atoms with Gasteiger partial charge < -0.3 is 50.3 Å². The van der Waals surface area contributed by atoms with E-state index in [4.69, 9.17) is 24.8 Å². The Morgan fingerprint density at radius 1 is 1.17 bits per heavy atom. The van der Waals surface area contributed by atoms with Gasteiger partial charge in [0.25, 0.3) is 0 Å². The first-order valence-corrected chi connectivity index (χ1v) is 6.81. The summed E-state index contributed by atoms with van der Waals surface area (Å²) in [6.45, 7) is -3.48. The Morgan fingerprint density at radius 2 is 1.78 bits per heavy atom. The number of aliphatic hydroxyl groups is 8. The number of ketones is 1. The average molecular weight is 342 g/mol. The molecular weight excluding hydrogens is 320 g/mol. The van der Waals surface area contributed by atoms with Gasteiger partial charge in [0.15, 0.2) is 5.78 Å². The van der Waals surface area contributed by atoms with Crippen LogP contribution in [0.2, 0.25) is 0 Å². The molecule has 0 spiro atoms. The summed E-state index contributed by atoms with van der Waals surface area (Å²) < 4.78 is 9.97. The predicted octanol–water partition coefficient (Wildman–Crippen LogP) is -5.55. The summed E-state index contributed by atoms with van der Waals surface area (Å²) in [5.74, 6) is -3.32. The zero-order valence-electron chi connectivity index (χ0n) is 12.1. The van der Waals surface area contributed by atoms with Crippen molar-refractivity contribution in [1.29, 1.82) is 0 Å². The standard InChI is InChI=1S/C12H22O11/c13-1-5(16)8(18)9(19)6(17)3-22-12(4-15)11(21)10(20)7(2-14)23-12/h5,7-11,13-16,18-21H,1-4H2/t5-,7-,8-,9-,10-,11+,12-/m1/s1. The maximum atomic E-state index is 11.7. The summed E-state index contributed by atoms with van der Waals surface area (Å²) in [5.41, 5.74) is 0. The van der Waals surface area contributed by atoms with E-state index in [1.165, 1.54) is 0 Å². The Hall–Kier alpha value is -0.730. The molecule has 1 fully saturated rings. The molecule has 0 amide bonds. The molecule has 0 unspecified atom stereocenters. The van der Waals surface area contributed by atoms with E-state index in [1.807, 2.05) is 0 Å². The summed E-state index contributed by atoms with van der Waals surface area (Å²) in [7, 11) is 0. The highest BCUT2D eigenvalue weighted by atomic mass is 16.7. The monoisotopic (exact) mass is 342 g/mol. The highest BCUT2D eigenvalue weighted by Gasteiger charge is 2.55. The van der Waals surface area contributed by atoms with Crippen molar-refractivity contribution in [3.63, 3.8) is 0 Å². The lowest BCUT2D eigenvalue weighted by Gasteiger charge is -2.30. The number of carbonyl (C=O) groups is 1. The summed E-state index contributed by atoms with van der Waals surface area (Å²) in [6.07, 6.45) is -10.4. The van der Waals surface area contributed by atoms with E-state index in [0.717, 1.165) is 0 Å². The van der Waals surface area contributed by atoms with Gasteiger partial charge in [-0.25, -0.2) is 0 Å². The fourth-order valence-corrected chi connectivity index (χ4v) is 2.09. The van der Waals surface area contributed by atoms with Crippen LogP contribution in [0.15, 0.2) is 0 Å². The van der Waals surface area contributed by atoms with E-state index in [1.54, 1.807) is 0 Å². The van der Waals surface area contributed by atoms with E-state index in [2.05, 4.69) is 0 Å². The Bertz CT molecular complexity index is 391. The van der Waals surface area contributed by atoms with Crippen LogP contribution in [-0.4, -0.2) is 115 Å². The molecule has 1 saturated heterocycles. The van der Waals surface area contributed by atoms with E-state index in [0.29, 0.717) is 0 Å². The lowest BCUT2D eigenvalue weighted by molar-refractivity contribution is -0.274. The van der Waals surface area contributed by atoms with Crippen molar-refractivity contribution in [3.05, 3.63) is 0 Å². The van der Waals surface area contributed by atoms with Crippen LogP contribution in [0.3, 0.4) is 0 Å². The molecule has 0 radical (unpaired) electrons. The SMILES string of the molecule is O=C(CO[C@]1(CO)O[C@H](CO)[C@@H](O)[C@@H]1O)[C@@H](O)[C@H](O)[C@H](O)CO. The molecule has 0 bridgehead atoms. The van der Waals surface area contributed by atoms with Gasteiger partial charge in [0.2, 0.25) is 5.79 Å². The van der Waals surface area contributed by atoms with Gasteiger partial charge in [-0.15, -0.1) is 0 Å². The fraction of sp³-hybridized carbons (Fsp3) is 0.917. The van der Waals surface area contributed by atoms with E-state index in [9.17, 15) is 30.3 Å². The van der Waals surface area contributed by atoms with E-state index in [-0.39, 0.29) is 0 Å². The van der Waals surface area contributed by atoms with Crippen LogP contribution in [0, 0.1) is 0 Å². The lowest BCUT2D eigenvalue weighted by atomic mass is 10.0. The van der Waals surface area contributed by atoms with Crippen molar-refractivity contribution in [2.24, 2.45) is 0 Å². The Morgan fingerprint density at radius 3 is 2.22 bits per heavy atom. The zero-order valence-corrected chi connectivity index (χ0v) is 12.1. The Balaban J connectivity index is 2.69. The summed E-state index contributed by atoms with van der Waals surface area (Å²) in [4.78, 5) is 11.7. The zero-order chi connectivity index (χ0) is 17.8. The van der Waals surface area contributed by atoms with Crippen LogP contribution < -0.4 is 0 Å². The van der Waals surface area contributed by atoms with E-state index >= 15 is 0 Å². The third-order valence-corrected chi connectivity index (χ3v) is 3.60. The molecule has 0 aromatic carbocycles. The minimum atomic E-state index is -2.19. The number of hydrogen-bond donors (Lipinski definition) is 8. The first kappa shape index (κ1) is 20.3. The topological polar surface area (TPSA) is 197 Å². The minimum Gasteiger partial charge on any atom is -0.394 e. The molecule has 1 rings (SSSR count). The molecule has 0 aromatic rings. The largest absolute Gasteiger partial charge is 0.394 e. The van der Waals surface area contributed by atoms with Crippen molar-refractivity contribution >= 4 is 5.78 Å². The smallest absolute Gasteiger partial charge is 0.222 e. The molecule has 11 nitrogen and oxygen atoms in total. The number of ether oxygens (including phenoxy) is 2. The lowest BCUT2D eigenvalue weighted by Crippen LogP contribution is -2.51. The molecule has 1 heterocycles. The highest BCUT2D eigenvalue weighted by molar-refractivity contribution is 5.84. The molecule has 136 valence electrons. The van der Waals surface area contributed by atoms with Crippen molar-refractivity contribution < 1.29 is 55.1 Å². The summed E-state index contributed by atoms with van der Waals surface area (Å²) in [6, 6.07) is 0. The average Bonchev–Trinajstić information content (AvgIpc) is 2.82. The van der Waals surface area contributed by atoms with Crippen LogP contribution in [0.5, 0.6) is 0 Å². The maximum Gasteiger partial charge on any atom is 0.222 e. The molecule has 0 saturated carbocycles. The summed E-state index contributed by atoms with van der Waals surface area (Å²) in [5, 5.41) is 74.5. The molecule has 0 aliphatic carbocycles. The van der Waals surface area contributed by atoms with Gasteiger partial charge in [0, 0.05) is 0 Å². The molecule has 1 aliphatic heterocycles. The third kappa shape index (κ3) is 4.22. The van der Waals surface area contributed by atoms with E-state index < -0.39 is 74.6 Å². The van der Waals surface area contributed by atoms with Gasteiger partial charge in [-0.3, -0.25) is 4.79 Å². The van der Waals surface area contributed by atoms with Crippen LogP contribution >= 0.6 is 0 Å². The van der Waals surface area contributed by atoms with Gasteiger partial charge >= 0.3 is 0 Å². The van der Waals surface area contributed by atoms with Crippen LogP contribution in [-0.2, 0) is 14.3 Å². The van der Waals surface area contributed by atoms with Gasteiger partial charge in [-0.05, 0) is 0 Å². The van der Waals surface area contributed by atoms with Crippen molar-refractivity contribution in [3.8, 4) is 0 Å². The number of Topliss-reactive ketones (excluding diaryl/α,β-unsaturated/α-hetero) is 1. The second kappa shape index (κ2) is 8.39. The van der Waals surface area contributed by atoms with Crippen LogP contribution in [0.4, 0.5) is 0 Å². The van der Waals surface area contributed by atoms with Crippen LogP contribution in [0.25, 0.3) is 0 Å². The highest BCUT2D eigenvalue weighted by Crippen LogP contribution is 2.32. The molecule has 1 aliphatic rings. The normalized spacial score (nSPS) is 35.0. The van der Waals surface area contributed by atoms with Crippen LogP contribution in [0.1, 0.15) is 0 Å². The first-order chi connectivity index (χ1) is 10.7. The summed E-state index contributed by atoms with van der Waals surface area (Å²) >= 11 is 0. The van der Waals surface area contributed by atoms with Gasteiger partial charge in [0.05, 0.1) is 13.2 Å². The molecular formula is C12H22O11. The number of carbonyl (C=O) groups excluding carboxylic acids is 1. The number of hydrogen-bond acceptors (Lipinski definition) is 11. The quantitative estimate of drug-likeness (QED) is 0.199.